The molecule has 7 nitrogen and oxygen atoms in total. The second-order valence-corrected chi connectivity index (χ2v) is 4.31. The van der Waals surface area contributed by atoms with E-state index in [9.17, 15) is 4.79 Å². The van der Waals surface area contributed by atoms with Crippen LogP contribution in [-0.2, 0) is 7.05 Å². The molecule has 1 aromatic carbocycles. The Balaban J connectivity index is 1.99. The standard InChI is InChI=1S/C10H9ClN6OS/c1-17-15-9(14-16-17)13-10(19)12-8(18)6-4-2-3-5-7(6)11/h2-5H,1H3,(H2,12,13,15,18,19). The summed E-state index contributed by atoms with van der Waals surface area (Å²) in [7, 11) is 1.61. The Morgan fingerprint density at radius 1 is 1.42 bits per heavy atom. The number of anilines is 1. The first-order valence-electron chi connectivity index (χ1n) is 5.17. The second-order valence-electron chi connectivity index (χ2n) is 3.49. The van der Waals surface area contributed by atoms with Gasteiger partial charge < -0.3 is 0 Å². The molecule has 0 aliphatic heterocycles. The van der Waals surface area contributed by atoms with Gasteiger partial charge in [-0.3, -0.25) is 15.4 Å². The minimum Gasteiger partial charge on any atom is -0.299 e. The van der Waals surface area contributed by atoms with Gasteiger partial charge in [0.2, 0.25) is 0 Å². The molecule has 0 spiro atoms. The summed E-state index contributed by atoms with van der Waals surface area (Å²) >= 11 is 10.9. The smallest absolute Gasteiger partial charge is 0.269 e. The van der Waals surface area contributed by atoms with Crippen LogP contribution in [0, 0.1) is 0 Å². The van der Waals surface area contributed by atoms with Crippen LogP contribution in [0.25, 0.3) is 0 Å². The van der Waals surface area contributed by atoms with Crippen molar-refractivity contribution in [3.63, 3.8) is 0 Å². The Hall–Kier alpha value is -2.06. The van der Waals surface area contributed by atoms with Crippen LogP contribution in [0.1, 0.15) is 10.4 Å². The molecule has 2 rings (SSSR count). The van der Waals surface area contributed by atoms with Gasteiger partial charge in [-0.05, 0) is 29.6 Å². The predicted molar refractivity (Wildman–Crippen MR) is 73.9 cm³/mol. The highest BCUT2D eigenvalue weighted by atomic mass is 35.5. The van der Waals surface area contributed by atoms with Crippen molar-refractivity contribution in [3.05, 3.63) is 34.9 Å². The molecule has 1 heterocycles. The normalized spacial score (nSPS) is 10.0. The number of carbonyl (C=O) groups is 1. The summed E-state index contributed by atoms with van der Waals surface area (Å²) in [6.07, 6.45) is 0. The monoisotopic (exact) mass is 296 g/mol. The fraction of sp³-hybridized carbons (Fsp3) is 0.100. The Kier molecular flexibility index (Phi) is 4.03. The van der Waals surface area contributed by atoms with Crippen molar-refractivity contribution in [1.82, 2.24) is 25.5 Å². The Morgan fingerprint density at radius 3 is 2.79 bits per heavy atom. The molecule has 1 aromatic heterocycles. The number of aryl methyl sites for hydroxylation is 1. The number of aromatic nitrogens is 4. The van der Waals surface area contributed by atoms with Crippen molar-refractivity contribution in [1.29, 1.82) is 0 Å². The molecule has 0 fully saturated rings. The summed E-state index contributed by atoms with van der Waals surface area (Å²) < 4.78 is 0. The van der Waals surface area contributed by atoms with Crippen molar-refractivity contribution in [2.24, 2.45) is 7.05 Å². The summed E-state index contributed by atoms with van der Waals surface area (Å²) in [6, 6.07) is 6.67. The molecule has 0 bridgehead atoms. The average molecular weight is 297 g/mol. The number of halogens is 1. The number of thiocarbonyl (C=S) groups is 1. The molecule has 2 aromatic rings. The van der Waals surface area contributed by atoms with Gasteiger partial charge in [0.25, 0.3) is 11.9 Å². The number of hydrogen-bond acceptors (Lipinski definition) is 5. The number of tetrazole rings is 1. The van der Waals surface area contributed by atoms with Gasteiger partial charge in [0.05, 0.1) is 17.6 Å². The van der Waals surface area contributed by atoms with Crippen LogP contribution in [0.15, 0.2) is 24.3 Å². The minimum absolute atomic E-state index is 0.0675. The van der Waals surface area contributed by atoms with Crippen molar-refractivity contribution in [3.8, 4) is 0 Å². The molecule has 0 saturated carbocycles. The summed E-state index contributed by atoms with van der Waals surface area (Å²) in [5.41, 5.74) is 0.334. The lowest BCUT2D eigenvalue weighted by Crippen LogP contribution is -2.34. The molecule has 2 N–H and O–H groups in total. The van der Waals surface area contributed by atoms with E-state index in [0.717, 1.165) is 0 Å². The first kappa shape index (κ1) is 13.4. The average Bonchev–Trinajstić information content (AvgIpc) is 2.74. The largest absolute Gasteiger partial charge is 0.299 e. The molecule has 9 heteroatoms. The highest BCUT2D eigenvalue weighted by Crippen LogP contribution is 2.14. The number of rotatable bonds is 2. The van der Waals surface area contributed by atoms with Crippen LogP contribution < -0.4 is 10.6 Å². The summed E-state index contributed by atoms with van der Waals surface area (Å²) in [5, 5.41) is 16.7. The molecule has 0 saturated heterocycles. The number of hydrogen-bond donors (Lipinski definition) is 2. The van der Waals surface area contributed by atoms with Gasteiger partial charge in [0.15, 0.2) is 5.11 Å². The maximum atomic E-state index is 11.9. The van der Waals surface area contributed by atoms with Gasteiger partial charge >= 0.3 is 0 Å². The third-order valence-electron chi connectivity index (χ3n) is 2.08. The van der Waals surface area contributed by atoms with E-state index < -0.39 is 5.91 Å². The van der Waals surface area contributed by atoms with E-state index in [1.165, 1.54) is 4.80 Å². The molecule has 98 valence electrons. The van der Waals surface area contributed by atoms with Crippen molar-refractivity contribution in [2.45, 2.75) is 0 Å². The lowest BCUT2D eigenvalue weighted by molar-refractivity contribution is 0.0978. The molecule has 0 unspecified atom stereocenters. The van der Waals surface area contributed by atoms with Crippen LogP contribution in [0.4, 0.5) is 5.95 Å². The van der Waals surface area contributed by atoms with Gasteiger partial charge in [0.1, 0.15) is 0 Å². The number of nitrogens with one attached hydrogen (secondary N) is 2. The Labute approximate surface area is 118 Å². The van der Waals surface area contributed by atoms with E-state index in [1.807, 2.05) is 0 Å². The molecule has 0 radical (unpaired) electrons. The van der Waals surface area contributed by atoms with E-state index in [0.29, 0.717) is 10.6 Å². The zero-order chi connectivity index (χ0) is 13.8. The van der Waals surface area contributed by atoms with Gasteiger partial charge in [-0.2, -0.15) is 4.80 Å². The maximum Gasteiger partial charge on any atom is 0.269 e. The number of nitrogens with zero attached hydrogens (tertiary/aromatic N) is 4. The Bertz CT molecular complexity index is 628. The first-order chi connectivity index (χ1) is 9.06. The topological polar surface area (TPSA) is 84.7 Å². The van der Waals surface area contributed by atoms with Gasteiger partial charge in [-0.15, -0.1) is 5.10 Å². The van der Waals surface area contributed by atoms with Crippen LogP contribution in [0.5, 0.6) is 0 Å². The van der Waals surface area contributed by atoms with Crippen molar-refractivity contribution >= 4 is 40.8 Å². The van der Waals surface area contributed by atoms with E-state index in [4.69, 9.17) is 23.8 Å². The SMILES string of the molecule is Cn1nnc(NC(=S)NC(=O)c2ccccc2Cl)n1. The van der Waals surface area contributed by atoms with E-state index in [-0.39, 0.29) is 11.1 Å². The maximum absolute atomic E-state index is 11.9. The van der Waals surface area contributed by atoms with Gasteiger partial charge in [-0.1, -0.05) is 28.8 Å². The number of benzene rings is 1. The van der Waals surface area contributed by atoms with Crippen molar-refractivity contribution < 1.29 is 4.79 Å². The summed E-state index contributed by atoms with van der Waals surface area (Å²) in [5.74, 6) is -0.209. The minimum atomic E-state index is -0.410. The molecule has 1 amide bonds. The molecule has 19 heavy (non-hydrogen) atoms. The summed E-state index contributed by atoms with van der Waals surface area (Å²) in [6.45, 7) is 0. The van der Waals surface area contributed by atoms with Crippen LogP contribution >= 0.6 is 23.8 Å². The lowest BCUT2D eigenvalue weighted by atomic mass is 10.2. The van der Waals surface area contributed by atoms with Gasteiger partial charge in [-0.25, -0.2) is 0 Å². The highest BCUT2D eigenvalue weighted by molar-refractivity contribution is 7.80. The number of amides is 1. The van der Waals surface area contributed by atoms with E-state index >= 15 is 0 Å². The molecular weight excluding hydrogens is 288 g/mol. The predicted octanol–water partition coefficient (Wildman–Crippen LogP) is 0.990. The molecule has 0 atom stereocenters. The summed E-state index contributed by atoms with van der Waals surface area (Å²) in [4.78, 5) is 13.2. The fourth-order valence-corrected chi connectivity index (χ4v) is 1.69. The van der Waals surface area contributed by atoms with Crippen LogP contribution in [0.2, 0.25) is 5.02 Å². The lowest BCUT2D eigenvalue weighted by Gasteiger charge is -2.07. The van der Waals surface area contributed by atoms with Gasteiger partial charge in [0, 0.05) is 0 Å². The fourth-order valence-electron chi connectivity index (χ4n) is 1.28. The second kappa shape index (κ2) is 5.72. The zero-order valence-electron chi connectivity index (χ0n) is 9.79. The third-order valence-corrected chi connectivity index (χ3v) is 2.61. The van der Waals surface area contributed by atoms with E-state index in [1.54, 1.807) is 31.3 Å². The van der Waals surface area contributed by atoms with Crippen LogP contribution in [-0.4, -0.2) is 31.2 Å². The first-order valence-corrected chi connectivity index (χ1v) is 5.96. The molecule has 0 aliphatic rings. The van der Waals surface area contributed by atoms with Crippen molar-refractivity contribution in [2.75, 3.05) is 5.32 Å². The molecular formula is C10H9ClN6OS. The van der Waals surface area contributed by atoms with E-state index in [2.05, 4.69) is 26.0 Å². The molecule has 0 aliphatic carbocycles. The zero-order valence-corrected chi connectivity index (χ0v) is 11.4. The highest BCUT2D eigenvalue weighted by Gasteiger charge is 2.12. The third kappa shape index (κ3) is 3.46. The quantitative estimate of drug-likeness (QED) is 0.804. The number of carbonyl (C=O) groups excluding carboxylic acids is 1. The van der Waals surface area contributed by atoms with Crippen LogP contribution in [0.3, 0.4) is 0 Å². The Morgan fingerprint density at radius 2 is 2.16 bits per heavy atom.